The Morgan fingerprint density at radius 2 is 2.13 bits per heavy atom. The van der Waals surface area contributed by atoms with Crippen LogP contribution in [0.15, 0.2) is 22.7 Å². The molecule has 1 amide bonds. The van der Waals surface area contributed by atoms with Crippen molar-refractivity contribution >= 4 is 27.7 Å². The number of amides is 1. The maximum atomic E-state index is 12.4. The Balaban J connectivity index is 1.98. The Bertz CT molecular complexity index is 554. The van der Waals surface area contributed by atoms with Gasteiger partial charge in [0.25, 0.3) is 0 Å². The van der Waals surface area contributed by atoms with E-state index in [0.29, 0.717) is 0 Å². The van der Waals surface area contributed by atoms with Gasteiger partial charge in [0.1, 0.15) is 5.60 Å². The molecule has 128 valence electrons. The first kappa shape index (κ1) is 18.1. The minimum Gasteiger partial charge on any atom is -0.444 e. The van der Waals surface area contributed by atoms with E-state index in [4.69, 9.17) is 4.74 Å². The van der Waals surface area contributed by atoms with Crippen LogP contribution in [0.3, 0.4) is 0 Å². The standard InChI is InChI=1S/C18H27BrN2O2/c1-13-11-14(8-9-16(13)19)20-12-15-7-5-6-10-21(15)17(22)23-18(2,3)4/h8-9,11,15,20H,5-7,10,12H2,1-4H3. The molecule has 1 fully saturated rings. The van der Waals surface area contributed by atoms with Crippen LogP contribution in [-0.2, 0) is 4.74 Å². The molecule has 0 bridgehead atoms. The van der Waals surface area contributed by atoms with Crippen LogP contribution in [0.4, 0.5) is 10.5 Å². The second-order valence-electron chi connectivity index (χ2n) is 7.17. The van der Waals surface area contributed by atoms with Crippen LogP contribution >= 0.6 is 15.9 Å². The van der Waals surface area contributed by atoms with E-state index in [0.717, 1.165) is 42.5 Å². The lowest BCUT2D eigenvalue weighted by molar-refractivity contribution is 0.0114. The lowest BCUT2D eigenvalue weighted by atomic mass is 10.0. The summed E-state index contributed by atoms with van der Waals surface area (Å²) in [6.07, 6.45) is 3.02. The van der Waals surface area contributed by atoms with Gasteiger partial charge in [0, 0.05) is 23.2 Å². The third-order valence-corrected chi connectivity index (χ3v) is 4.84. The normalized spacial score (nSPS) is 18.7. The van der Waals surface area contributed by atoms with Crippen molar-refractivity contribution in [1.82, 2.24) is 4.90 Å². The van der Waals surface area contributed by atoms with Crippen LogP contribution in [0.1, 0.15) is 45.6 Å². The second kappa shape index (κ2) is 7.56. The fraction of sp³-hybridized carbons (Fsp3) is 0.611. The van der Waals surface area contributed by atoms with Gasteiger partial charge >= 0.3 is 6.09 Å². The molecular formula is C18H27BrN2O2. The number of carbonyl (C=O) groups is 1. The SMILES string of the molecule is Cc1cc(NCC2CCCCN2C(=O)OC(C)(C)C)ccc1Br. The minimum atomic E-state index is -0.449. The molecule has 2 rings (SSSR count). The summed E-state index contributed by atoms with van der Waals surface area (Å²) in [5.41, 5.74) is 1.83. The first-order chi connectivity index (χ1) is 10.8. The molecule has 0 aromatic heterocycles. The van der Waals surface area contributed by atoms with Gasteiger partial charge in [-0.1, -0.05) is 15.9 Å². The number of benzene rings is 1. The molecule has 1 saturated heterocycles. The maximum absolute atomic E-state index is 12.4. The van der Waals surface area contributed by atoms with Crippen LogP contribution in [0.2, 0.25) is 0 Å². The Hall–Kier alpha value is -1.23. The van der Waals surface area contributed by atoms with Gasteiger partial charge in [0.2, 0.25) is 0 Å². The van der Waals surface area contributed by atoms with Crippen molar-refractivity contribution in [2.45, 2.75) is 58.6 Å². The molecule has 1 atom stereocenters. The summed E-state index contributed by atoms with van der Waals surface area (Å²) < 4.78 is 6.65. The average molecular weight is 383 g/mol. The van der Waals surface area contributed by atoms with E-state index in [1.54, 1.807) is 0 Å². The summed E-state index contributed by atoms with van der Waals surface area (Å²) in [4.78, 5) is 14.3. The molecule has 1 heterocycles. The molecule has 0 aliphatic carbocycles. The van der Waals surface area contributed by atoms with Gasteiger partial charge in [-0.3, -0.25) is 0 Å². The van der Waals surface area contributed by atoms with Gasteiger partial charge in [0.05, 0.1) is 6.04 Å². The van der Waals surface area contributed by atoms with Crippen molar-refractivity contribution < 1.29 is 9.53 Å². The molecule has 1 aliphatic rings. The van der Waals surface area contributed by atoms with Gasteiger partial charge in [-0.2, -0.15) is 0 Å². The van der Waals surface area contributed by atoms with Crippen LogP contribution in [0, 0.1) is 6.92 Å². The first-order valence-corrected chi connectivity index (χ1v) is 9.05. The van der Waals surface area contributed by atoms with E-state index < -0.39 is 5.60 Å². The Labute approximate surface area is 147 Å². The lowest BCUT2D eigenvalue weighted by Crippen LogP contribution is -2.48. The van der Waals surface area contributed by atoms with Crippen LogP contribution in [-0.4, -0.2) is 35.7 Å². The van der Waals surface area contributed by atoms with E-state index in [9.17, 15) is 4.79 Å². The van der Waals surface area contributed by atoms with E-state index in [1.165, 1.54) is 5.56 Å². The number of anilines is 1. The van der Waals surface area contributed by atoms with E-state index >= 15 is 0 Å². The smallest absolute Gasteiger partial charge is 0.410 e. The van der Waals surface area contributed by atoms with Gasteiger partial charge in [-0.25, -0.2) is 4.79 Å². The maximum Gasteiger partial charge on any atom is 0.410 e. The number of aryl methyl sites for hydroxylation is 1. The molecule has 0 saturated carbocycles. The van der Waals surface area contributed by atoms with Crippen LogP contribution in [0.25, 0.3) is 0 Å². The molecular weight excluding hydrogens is 356 g/mol. The molecule has 1 aromatic rings. The topological polar surface area (TPSA) is 41.6 Å². The number of rotatable bonds is 3. The predicted octanol–water partition coefficient (Wildman–Crippen LogP) is 4.96. The van der Waals surface area contributed by atoms with Gasteiger partial charge in [-0.15, -0.1) is 0 Å². The van der Waals surface area contributed by atoms with Gasteiger partial charge in [-0.05, 0) is 70.7 Å². The van der Waals surface area contributed by atoms with Crippen LogP contribution < -0.4 is 5.32 Å². The quantitative estimate of drug-likeness (QED) is 0.802. The van der Waals surface area contributed by atoms with Gasteiger partial charge < -0.3 is 15.0 Å². The summed E-state index contributed by atoms with van der Waals surface area (Å²) >= 11 is 3.52. The highest BCUT2D eigenvalue weighted by atomic mass is 79.9. The number of hydrogen-bond donors (Lipinski definition) is 1. The van der Waals surface area contributed by atoms with Crippen molar-refractivity contribution in [3.05, 3.63) is 28.2 Å². The van der Waals surface area contributed by atoms with Gasteiger partial charge in [0.15, 0.2) is 0 Å². The van der Waals surface area contributed by atoms with E-state index in [-0.39, 0.29) is 12.1 Å². The van der Waals surface area contributed by atoms with Crippen molar-refractivity contribution in [2.24, 2.45) is 0 Å². The Kier molecular flexibility index (Phi) is 5.95. The zero-order valence-electron chi connectivity index (χ0n) is 14.5. The molecule has 0 radical (unpaired) electrons. The van der Waals surface area contributed by atoms with E-state index in [1.807, 2.05) is 31.7 Å². The number of carbonyl (C=O) groups excluding carboxylic acids is 1. The third-order valence-electron chi connectivity index (χ3n) is 3.95. The molecule has 23 heavy (non-hydrogen) atoms. The molecule has 1 N–H and O–H groups in total. The molecule has 4 nitrogen and oxygen atoms in total. The van der Waals surface area contributed by atoms with Crippen molar-refractivity contribution in [3.8, 4) is 0 Å². The zero-order valence-corrected chi connectivity index (χ0v) is 16.1. The molecule has 1 aliphatic heterocycles. The van der Waals surface area contributed by atoms with Crippen LogP contribution in [0.5, 0.6) is 0 Å². The number of hydrogen-bond acceptors (Lipinski definition) is 3. The summed E-state index contributed by atoms with van der Waals surface area (Å²) in [6, 6.07) is 6.40. The predicted molar refractivity (Wildman–Crippen MR) is 97.9 cm³/mol. The third kappa shape index (κ3) is 5.41. The fourth-order valence-electron chi connectivity index (χ4n) is 2.76. The molecule has 0 spiro atoms. The van der Waals surface area contributed by atoms with Crippen molar-refractivity contribution in [2.75, 3.05) is 18.4 Å². The Morgan fingerprint density at radius 1 is 1.39 bits per heavy atom. The highest BCUT2D eigenvalue weighted by molar-refractivity contribution is 9.10. The minimum absolute atomic E-state index is 0.183. The summed E-state index contributed by atoms with van der Waals surface area (Å²) in [6.45, 7) is 9.33. The first-order valence-electron chi connectivity index (χ1n) is 8.26. The van der Waals surface area contributed by atoms with E-state index in [2.05, 4.69) is 40.3 Å². The fourth-order valence-corrected chi connectivity index (χ4v) is 3.01. The number of ether oxygens (including phenoxy) is 1. The monoisotopic (exact) mass is 382 g/mol. The number of nitrogens with one attached hydrogen (secondary N) is 1. The molecule has 1 unspecified atom stereocenters. The lowest BCUT2D eigenvalue weighted by Gasteiger charge is -2.37. The second-order valence-corrected chi connectivity index (χ2v) is 8.02. The largest absolute Gasteiger partial charge is 0.444 e. The number of likely N-dealkylation sites (tertiary alicyclic amines) is 1. The van der Waals surface area contributed by atoms with Crippen molar-refractivity contribution in [1.29, 1.82) is 0 Å². The number of piperidine rings is 1. The summed E-state index contributed by atoms with van der Waals surface area (Å²) in [7, 11) is 0. The zero-order chi connectivity index (χ0) is 17.0. The average Bonchev–Trinajstić information content (AvgIpc) is 2.47. The molecule has 1 aromatic carbocycles. The molecule has 5 heteroatoms. The van der Waals surface area contributed by atoms with Crippen molar-refractivity contribution in [3.63, 3.8) is 0 Å². The summed E-state index contributed by atoms with van der Waals surface area (Å²) in [5, 5.41) is 3.46. The highest BCUT2D eigenvalue weighted by Gasteiger charge is 2.30. The summed E-state index contributed by atoms with van der Waals surface area (Å²) in [5.74, 6) is 0. The Morgan fingerprint density at radius 3 is 2.78 bits per heavy atom. The highest BCUT2D eigenvalue weighted by Crippen LogP contribution is 2.23. The number of nitrogens with zero attached hydrogens (tertiary/aromatic N) is 1. The number of halogens is 1.